The molecular weight excluding hydrogens is 402 g/mol. The van der Waals surface area contributed by atoms with E-state index in [2.05, 4.69) is 35.7 Å². The van der Waals surface area contributed by atoms with Crippen molar-refractivity contribution in [2.24, 2.45) is 0 Å². The van der Waals surface area contributed by atoms with E-state index < -0.39 is 0 Å². The summed E-state index contributed by atoms with van der Waals surface area (Å²) in [5, 5.41) is 17.5. The molecule has 0 spiro atoms. The monoisotopic (exact) mass is 421 g/mol. The van der Waals surface area contributed by atoms with E-state index in [-0.39, 0.29) is 5.91 Å². The van der Waals surface area contributed by atoms with Gasteiger partial charge in [-0.25, -0.2) is 9.97 Å². The van der Waals surface area contributed by atoms with Crippen molar-refractivity contribution in [2.45, 2.75) is 6.92 Å². The van der Waals surface area contributed by atoms with Gasteiger partial charge in [-0.1, -0.05) is 60.7 Å². The van der Waals surface area contributed by atoms with Crippen LogP contribution in [-0.4, -0.2) is 36.3 Å². The molecule has 0 radical (unpaired) electrons. The summed E-state index contributed by atoms with van der Waals surface area (Å²) in [6.45, 7) is 1.47. The van der Waals surface area contributed by atoms with Gasteiger partial charge in [0.2, 0.25) is 5.91 Å². The highest BCUT2D eigenvalue weighted by Crippen LogP contribution is 2.29. The zero-order chi connectivity index (χ0) is 21.9. The highest BCUT2D eigenvalue weighted by atomic mass is 16.1. The molecule has 3 N–H and O–H groups in total. The van der Waals surface area contributed by atoms with Crippen molar-refractivity contribution in [3.05, 3.63) is 78.9 Å². The summed E-state index contributed by atoms with van der Waals surface area (Å²) in [7, 11) is 0. The van der Waals surface area contributed by atoms with Gasteiger partial charge in [-0.2, -0.15) is 10.2 Å². The quantitative estimate of drug-likeness (QED) is 0.385. The zero-order valence-electron chi connectivity index (χ0n) is 17.2. The Bertz CT molecular complexity index is 1280. The van der Waals surface area contributed by atoms with Crippen molar-refractivity contribution < 1.29 is 4.79 Å². The number of anilines is 1. The zero-order valence-corrected chi connectivity index (χ0v) is 17.2. The minimum absolute atomic E-state index is 0.173. The molecule has 2 aromatic heterocycles. The number of carbonyl (C=O) groups excluding carboxylic acids is 1. The fraction of sp³-hybridized carbons (Fsp3) is 0.0417. The Morgan fingerprint density at radius 1 is 0.688 bits per heavy atom. The first kappa shape index (κ1) is 19.4. The van der Waals surface area contributed by atoms with Crippen LogP contribution in [0.15, 0.2) is 78.9 Å². The number of H-pyrrole nitrogens is 2. The largest absolute Gasteiger partial charge is 0.326 e. The van der Waals surface area contributed by atoms with E-state index in [1.807, 2.05) is 78.9 Å². The Labute approximate surface area is 183 Å². The standard InChI is InChI=1S/C24H19N7O/c1-15(32)25-20-13-18(23-26-21(28-30-23)16-8-4-2-5-9-16)12-19(14-20)24-27-22(29-31-24)17-10-6-3-7-11-17/h2-14H,1H3,(H,25,32)(H,26,28,30)(H,27,29,31). The first-order valence-corrected chi connectivity index (χ1v) is 10.0. The third-order valence-electron chi connectivity index (χ3n) is 4.84. The number of nitrogens with one attached hydrogen (secondary N) is 3. The van der Waals surface area contributed by atoms with Crippen molar-refractivity contribution in [3.63, 3.8) is 0 Å². The molecule has 0 aliphatic carbocycles. The summed E-state index contributed by atoms with van der Waals surface area (Å²) >= 11 is 0. The molecule has 8 nitrogen and oxygen atoms in total. The number of aromatic nitrogens is 6. The van der Waals surface area contributed by atoms with Gasteiger partial charge in [-0.05, 0) is 18.2 Å². The molecule has 0 aliphatic heterocycles. The lowest BCUT2D eigenvalue weighted by Crippen LogP contribution is -2.06. The van der Waals surface area contributed by atoms with Crippen LogP contribution in [0.2, 0.25) is 0 Å². The number of hydrogen-bond acceptors (Lipinski definition) is 5. The van der Waals surface area contributed by atoms with Crippen LogP contribution in [0.5, 0.6) is 0 Å². The van der Waals surface area contributed by atoms with Gasteiger partial charge in [0.15, 0.2) is 23.3 Å². The van der Waals surface area contributed by atoms with E-state index >= 15 is 0 Å². The molecule has 0 fully saturated rings. The van der Waals surface area contributed by atoms with Crippen molar-refractivity contribution in [1.82, 2.24) is 30.4 Å². The Balaban J connectivity index is 1.55. The molecular formula is C24H19N7O. The average molecular weight is 421 g/mol. The van der Waals surface area contributed by atoms with Gasteiger partial charge >= 0.3 is 0 Å². The SMILES string of the molecule is CC(=O)Nc1cc(-c2n[nH]c(-c3ccccc3)n2)cc(-c2n[nH]c(-c3ccccc3)n2)c1. The summed E-state index contributed by atoms with van der Waals surface area (Å²) < 4.78 is 0. The first-order chi connectivity index (χ1) is 15.7. The summed E-state index contributed by atoms with van der Waals surface area (Å²) in [5.41, 5.74) is 3.95. The maximum atomic E-state index is 11.7. The topological polar surface area (TPSA) is 112 Å². The highest BCUT2D eigenvalue weighted by Gasteiger charge is 2.14. The molecule has 5 aromatic rings. The Hall–Kier alpha value is -4.59. The number of amides is 1. The minimum atomic E-state index is -0.173. The Kier molecular flexibility index (Phi) is 5.01. The lowest BCUT2D eigenvalue weighted by molar-refractivity contribution is -0.114. The number of benzene rings is 3. The van der Waals surface area contributed by atoms with Crippen LogP contribution < -0.4 is 5.32 Å². The van der Waals surface area contributed by atoms with Crippen molar-refractivity contribution in [3.8, 4) is 45.6 Å². The van der Waals surface area contributed by atoms with E-state index in [9.17, 15) is 4.79 Å². The van der Waals surface area contributed by atoms with E-state index in [4.69, 9.17) is 0 Å². The molecule has 0 unspecified atom stereocenters. The second-order valence-electron chi connectivity index (χ2n) is 7.23. The highest BCUT2D eigenvalue weighted by molar-refractivity contribution is 5.90. The fourth-order valence-electron chi connectivity index (χ4n) is 3.39. The second kappa shape index (κ2) is 8.27. The molecule has 2 heterocycles. The number of hydrogen-bond donors (Lipinski definition) is 3. The number of rotatable bonds is 5. The van der Waals surface area contributed by atoms with E-state index in [0.29, 0.717) is 29.0 Å². The van der Waals surface area contributed by atoms with E-state index in [1.165, 1.54) is 6.92 Å². The number of carbonyl (C=O) groups is 1. The summed E-state index contributed by atoms with van der Waals surface area (Å²) in [5.74, 6) is 2.17. The molecule has 5 rings (SSSR count). The molecule has 32 heavy (non-hydrogen) atoms. The van der Waals surface area contributed by atoms with Crippen LogP contribution in [0.4, 0.5) is 5.69 Å². The first-order valence-electron chi connectivity index (χ1n) is 10.0. The lowest BCUT2D eigenvalue weighted by Gasteiger charge is -2.07. The molecule has 8 heteroatoms. The van der Waals surface area contributed by atoms with Gasteiger partial charge in [0.25, 0.3) is 0 Å². The summed E-state index contributed by atoms with van der Waals surface area (Å²) in [4.78, 5) is 21.0. The van der Waals surface area contributed by atoms with Crippen molar-refractivity contribution >= 4 is 11.6 Å². The van der Waals surface area contributed by atoms with Crippen LogP contribution in [0.25, 0.3) is 45.6 Å². The molecule has 0 saturated heterocycles. The summed E-state index contributed by atoms with van der Waals surface area (Å²) in [6, 6.07) is 25.1. The molecule has 1 amide bonds. The molecule has 3 aromatic carbocycles. The average Bonchev–Trinajstić information content (AvgIpc) is 3.50. The Morgan fingerprint density at radius 3 is 1.59 bits per heavy atom. The van der Waals surface area contributed by atoms with Crippen LogP contribution >= 0.6 is 0 Å². The predicted octanol–water partition coefficient (Wildman–Crippen LogP) is 4.55. The van der Waals surface area contributed by atoms with E-state index in [1.54, 1.807) is 0 Å². The maximum Gasteiger partial charge on any atom is 0.221 e. The third kappa shape index (κ3) is 4.01. The van der Waals surface area contributed by atoms with Gasteiger partial charge in [-0.15, -0.1) is 0 Å². The van der Waals surface area contributed by atoms with Gasteiger partial charge in [0.05, 0.1) is 0 Å². The van der Waals surface area contributed by atoms with Crippen LogP contribution in [-0.2, 0) is 4.79 Å². The lowest BCUT2D eigenvalue weighted by atomic mass is 10.1. The molecule has 156 valence electrons. The number of aromatic amines is 2. The van der Waals surface area contributed by atoms with Gasteiger partial charge < -0.3 is 5.32 Å². The normalized spacial score (nSPS) is 10.8. The predicted molar refractivity (Wildman–Crippen MR) is 122 cm³/mol. The molecule has 0 aliphatic rings. The summed E-state index contributed by atoms with van der Waals surface area (Å²) in [6.07, 6.45) is 0. The third-order valence-corrected chi connectivity index (χ3v) is 4.84. The fourth-order valence-corrected chi connectivity index (χ4v) is 3.39. The molecule has 0 saturated carbocycles. The van der Waals surface area contributed by atoms with Crippen LogP contribution in [0.1, 0.15) is 6.92 Å². The maximum absolute atomic E-state index is 11.7. The second-order valence-corrected chi connectivity index (χ2v) is 7.23. The smallest absolute Gasteiger partial charge is 0.221 e. The van der Waals surface area contributed by atoms with Crippen molar-refractivity contribution in [1.29, 1.82) is 0 Å². The van der Waals surface area contributed by atoms with Gasteiger partial charge in [0, 0.05) is 34.9 Å². The van der Waals surface area contributed by atoms with E-state index in [0.717, 1.165) is 22.3 Å². The number of nitrogens with zero attached hydrogens (tertiary/aromatic N) is 4. The minimum Gasteiger partial charge on any atom is -0.326 e. The van der Waals surface area contributed by atoms with Crippen LogP contribution in [0.3, 0.4) is 0 Å². The molecule has 0 atom stereocenters. The Morgan fingerprint density at radius 2 is 1.16 bits per heavy atom. The van der Waals surface area contributed by atoms with Crippen molar-refractivity contribution in [2.75, 3.05) is 5.32 Å². The van der Waals surface area contributed by atoms with Crippen LogP contribution in [0, 0.1) is 0 Å². The molecule has 0 bridgehead atoms. The van der Waals surface area contributed by atoms with Gasteiger partial charge in [0.1, 0.15) is 0 Å². The van der Waals surface area contributed by atoms with Gasteiger partial charge in [-0.3, -0.25) is 15.0 Å².